The number of aryl methyl sites for hydroxylation is 1. The maximum atomic E-state index is 3.72. The van der Waals surface area contributed by atoms with Gasteiger partial charge in [-0.25, -0.2) is 0 Å². The zero-order valence-electron chi connectivity index (χ0n) is 13.9. The minimum absolute atomic E-state index is 0.491. The second kappa shape index (κ2) is 8.52. The molecule has 1 N–H and O–H groups in total. The van der Waals surface area contributed by atoms with Gasteiger partial charge in [0.25, 0.3) is 0 Å². The van der Waals surface area contributed by atoms with Crippen LogP contribution in [0, 0.1) is 6.92 Å². The standard InChI is InChI=1S/C18H31N3/c1-4-10-19-18(17-7-5-16(2)6-8-17)9-11-21-14-12-20(3)13-15-21/h5-8,18-19H,4,9-15H2,1-3H3. The molecular weight excluding hydrogens is 258 g/mol. The molecule has 1 atom stereocenters. The van der Waals surface area contributed by atoms with Crippen molar-refractivity contribution in [2.24, 2.45) is 0 Å². The van der Waals surface area contributed by atoms with E-state index in [1.54, 1.807) is 0 Å². The van der Waals surface area contributed by atoms with Gasteiger partial charge in [0.15, 0.2) is 0 Å². The molecule has 1 unspecified atom stereocenters. The van der Waals surface area contributed by atoms with Gasteiger partial charge in [-0.1, -0.05) is 36.8 Å². The Morgan fingerprint density at radius 1 is 1.10 bits per heavy atom. The van der Waals surface area contributed by atoms with Crippen LogP contribution >= 0.6 is 0 Å². The molecule has 2 rings (SSSR count). The van der Waals surface area contributed by atoms with E-state index >= 15 is 0 Å². The first kappa shape index (κ1) is 16.5. The molecule has 1 saturated heterocycles. The Hall–Kier alpha value is -0.900. The van der Waals surface area contributed by atoms with Crippen molar-refractivity contribution in [3.63, 3.8) is 0 Å². The van der Waals surface area contributed by atoms with Gasteiger partial charge in [-0.2, -0.15) is 0 Å². The van der Waals surface area contributed by atoms with Gasteiger partial charge < -0.3 is 15.1 Å². The summed E-state index contributed by atoms with van der Waals surface area (Å²) in [6.45, 7) is 11.5. The summed E-state index contributed by atoms with van der Waals surface area (Å²) in [7, 11) is 2.22. The van der Waals surface area contributed by atoms with Crippen molar-refractivity contribution in [2.45, 2.75) is 32.7 Å². The molecule has 1 heterocycles. The molecule has 1 aromatic rings. The van der Waals surface area contributed by atoms with Crippen LogP contribution in [0.25, 0.3) is 0 Å². The molecule has 0 aromatic heterocycles. The maximum absolute atomic E-state index is 3.72. The first-order chi connectivity index (χ1) is 10.2. The average molecular weight is 289 g/mol. The molecule has 1 aliphatic heterocycles. The predicted molar refractivity (Wildman–Crippen MR) is 90.8 cm³/mol. The Balaban J connectivity index is 1.88. The number of piperazine rings is 1. The van der Waals surface area contributed by atoms with Crippen molar-refractivity contribution in [3.05, 3.63) is 35.4 Å². The van der Waals surface area contributed by atoms with Gasteiger partial charge >= 0.3 is 0 Å². The van der Waals surface area contributed by atoms with E-state index in [4.69, 9.17) is 0 Å². The summed E-state index contributed by atoms with van der Waals surface area (Å²) in [5.41, 5.74) is 2.77. The predicted octanol–water partition coefficient (Wildman–Crippen LogP) is 2.67. The third-order valence-corrected chi connectivity index (χ3v) is 4.45. The molecule has 0 amide bonds. The Labute approximate surface area is 130 Å². The van der Waals surface area contributed by atoms with Gasteiger partial charge in [0.05, 0.1) is 0 Å². The van der Waals surface area contributed by atoms with E-state index in [9.17, 15) is 0 Å². The summed E-state index contributed by atoms with van der Waals surface area (Å²) < 4.78 is 0. The van der Waals surface area contributed by atoms with Crippen LogP contribution in [0.4, 0.5) is 0 Å². The van der Waals surface area contributed by atoms with Gasteiger partial charge in [-0.15, -0.1) is 0 Å². The summed E-state index contributed by atoms with van der Waals surface area (Å²) in [6.07, 6.45) is 2.39. The zero-order valence-corrected chi connectivity index (χ0v) is 13.9. The number of nitrogens with zero attached hydrogens (tertiary/aromatic N) is 2. The summed E-state index contributed by atoms with van der Waals surface area (Å²) in [6, 6.07) is 9.52. The van der Waals surface area contributed by atoms with Crippen molar-refractivity contribution in [3.8, 4) is 0 Å². The van der Waals surface area contributed by atoms with E-state index in [1.165, 1.54) is 56.7 Å². The Morgan fingerprint density at radius 3 is 2.38 bits per heavy atom. The lowest BCUT2D eigenvalue weighted by Gasteiger charge is -2.33. The molecule has 21 heavy (non-hydrogen) atoms. The van der Waals surface area contributed by atoms with Gasteiger partial charge in [-0.05, 0) is 38.9 Å². The molecule has 0 bridgehead atoms. The second-order valence-corrected chi connectivity index (χ2v) is 6.35. The average Bonchev–Trinajstić information content (AvgIpc) is 2.50. The molecule has 1 aromatic carbocycles. The molecule has 0 saturated carbocycles. The fraction of sp³-hybridized carbons (Fsp3) is 0.667. The molecule has 0 aliphatic carbocycles. The lowest BCUT2D eigenvalue weighted by molar-refractivity contribution is 0.148. The van der Waals surface area contributed by atoms with Crippen LogP contribution in [0.3, 0.4) is 0 Å². The van der Waals surface area contributed by atoms with Gasteiger partial charge in [0.2, 0.25) is 0 Å². The highest BCUT2D eigenvalue weighted by atomic mass is 15.2. The van der Waals surface area contributed by atoms with Crippen LogP contribution in [0.5, 0.6) is 0 Å². The van der Waals surface area contributed by atoms with Crippen LogP contribution in [-0.4, -0.2) is 56.1 Å². The quantitative estimate of drug-likeness (QED) is 0.832. The molecule has 1 fully saturated rings. The minimum atomic E-state index is 0.491. The van der Waals surface area contributed by atoms with Crippen LogP contribution < -0.4 is 5.32 Å². The van der Waals surface area contributed by atoms with E-state index in [-0.39, 0.29) is 0 Å². The fourth-order valence-electron chi connectivity index (χ4n) is 2.89. The molecule has 1 aliphatic rings. The smallest absolute Gasteiger partial charge is 0.0332 e. The first-order valence-electron chi connectivity index (χ1n) is 8.40. The summed E-state index contributed by atoms with van der Waals surface area (Å²) in [4.78, 5) is 5.03. The van der Waals surface area contributed by atoms with Crippen molar-refractivity contribution in [2.75, 3.05) is 46.3 Å². The van der Waals surface area contributed by atoms with Crippen LogP contribution in [0.1, 0.15) is 36.9 Å². The fourth-order valence-corrected chi connectivity index (χ4v) is 2.89. The highest BCUT2D eigenvalue weighted by Gasteiger charge is 2.16. The van der Waals surface area contributed by atoms with E-state index in [1.807, 2.05) is 0 Å². The first-order valence-corrected chi connectivity index (χ1v) is 8.40. The topological polar surface area (TPSA) is 18.5 Å². The molecule has 3 nitrogen and oxygen atoms in total. The van der Waals surface area contributed by atoms with Crippen LogP contribution in [0.2, 0.25) is 0 Å². The summed E-state index contributed by atoms with van der Waals surface area (Å²) in [5, 5.41) is 3.72. The number of rotatable bonds is 7. The highest BCUT2D eigenvalue weighted by molar-refractivity contribution is 5.24. The third-order valence-electron chi connectivity index (χ3n) is 4.45. The van der Waals surface area contributed by atoms with Gasteiger partial charge in [-0.3, -0.25) is 0 Å². The Morgan fingerprint density at radius 2 is 1.76 bits per heavy atom. The summed E-state index contributed by atoms with van der Waals surface area (Å²) in [5.74, 6) is 0. The number of nitrogens with one attached hydrogen (secondary N) is 1. The number of hydrogen-bond donors (Lipinski definition) is 1. The minimum Gasteiger partial charge on any atom is -0.310 e. The third kappa shape index (κ3) is 5.42. The van der Waals surface area contributed by atoms with E-state index in [2.05, 4.69) is 60.3 Å². The largest absolute Gasteiger partial charge is 0.310 e. The van der Waals surface area contributed by atoms with E-state index in [0.717, 1.165) is 6.54 Å². The highest BCUT2D eigenvalue weighted by Crippen LogP contribution is 2.18. The maximum Gasteiger partial charge on any atom is 0.0332 e. The lowest BCUT2D eigenvalue weighted by Crippen LogP contribution is -2.45. The van der Waals surface area contributed by atoms with Crippen LogP contribution in [-0.2, 0) is 0 Å². The van der Waals surface area contributed by atoms with Crippen molar-refractivity contribution in [1.29, 1.82) is 0 Å². The Kier molecular flexibility index (Phi) is 6.68. The normalized spacial score (nSPS) is 18.8. The summed E-state index contributed by atoms with van der Waals surface area (Å²) >= 11 is 0. The lowest BCUT2D eigenvalue weighted by atomic mass is 10.0. The zero-order chi connectivity index (χ0) is 15.1. The number of hydrogen-bond acceptors (Lipinski definition) is 3. The van der Waals surface area contributed by atoms with E-state index in [0.29, 0.717) is 6.04 Å². The van der Waals surface area contributed by atoms with Crippen molar-refractivity contribution >= 4 is 0 Å². The molecule has 3 heteroatoms. The SMILES string of the molecule is CCCNC(CCN1CCN(C)CC1)c1ccc(C)cc1. The van der Waals surface area contributed by atoms with Gasteiger partial charge in [0.1, 0.15) is 0 Å². The van der Waals surface area contributed by atoms with Gasteiger partial charge in [0, 0.05) is 38.8 Å². The molecular formula is C18H31N3. The van der Waals surface area contributed by atoms with Crippen molar-refractivity contribution < 1.29 is 0 Å². The molecule has 0 spiro atoms. The number of likely N-dealkylation sites (N-methyl/N-ethyl adjacent to an activating group) is 1. The number of benzene rings is 1. The van der Waals surface area contributed by atoms with Crippen molar-refractivity contribution in [1.82, 2.24) is 15.1 Å². The van der Waals surface area contributed by atoms with E-state index < -0.39 is 0 Å². The molecule has 0 radical (unpaired) electrons. The monoisotopic (exact) mass is 289 g/mol. The van der Waals surface area contributed by atoms with Crippen LogP contribution in [0.15, 0.2) is 24.3 Å². The Bertz CT molecular complexity index is 393. The second-order valence-electron chi connectivity index (χ2n) is 6.35. The molecule has 118 valence electrons.